The first kappa shape index (κ1) is 24.5. The summed E-state index contributed by atoms with van der Waals surface area (Å²) < 4.78 is 4.86. The topological polar surface area (TPSA) is 96.1 Å². The monoisotopic (exact) mass is 444 g/mol. The van der Waals surface area contributed by atoms with Gasteiger partial charge in [0.2, 0.25) is 0 Å². The molecule has 0 aliphatic rings. The zero-order chi connectivity index (χ0) is 22.9. The van der Waals surface area contributed by atoms with Gasteiger partial charge in [0.1, 0.15) is 6.04 Å². The van der Waals surface area contributed by atoms with Crippen molar-refractivity contribution in [2.45, 2.75) is 39.8 Å². The third-order valence-corrected chi connectivity index (χ3v) is 5.14. The van der Waals surface area contributed by atoms with Crippen LogP contribution in [0, 0.1) is 5.41 Å². The lowest BCUT2D eigenvalue weighted by Crippen LogP contribution is -2.42. The number of carbonyl (C=O) groups excluding carboxylic acids is 2. The van der Waals surface area contributed by atoms with E-state index in [1.807, 2.05) is 24.5 Å². The molecule has 7 nitrogen and oxygen atoms in total. The first-order chi connectivity index (χ1) is 14.7. The molecule has 2 rings (SSSR count). The van der Waals surface area contributed by atoms with Gasteiger partial charge >= 0.3 is 5.97 Å². The molecule has 0 fully saturated rings. The molecule has 0 spiro atoms. The van der Waals surface area contributed by atoms with Gasteiger partial charge in [-0.15, -0.1) is 0 Å². The molecule has 168 valence electrons. The van der Waals surface area contributed by atoms with Crippen molar-refractivity contribution in [1.82, 2.24) is 15.3 Å². The fraction of sp³-hybridized carbons (Fsp3) is 0.435. The largest absolute Gasteiger partial charge is 0.467 e. The van der Waals surface area contributed by atoms with Crippen molar-refractivity contribution in [3.63, 3.8) is 0 Å². The number of aromatic amines is 1. The fourth-order valence-corrected chi connectivity index (χ4v) is 3.27. The molecule has 8 heteroatoms. The summed E-state index contributed by atoms with van der Waals surface area (Å²) in [5, 5.41) is 6.17. The minimum atomic E-state index is -0.678. The van der Waals surface area contributed by atoms with Crippen molar-refractivity contribution < 1.29 is 14.3 Å². The van der Waals surface area contributed by atoms with Crippen molar-refractivity contribution in [3.05, 3.63) is 53.6 Å². The van der Waals surface area contributed by atoms with Gasteiger partial charge < -0.3 is 20.4 Å². The second kappa shape index (κ2) is 11.6. The number of methoxy groups -OCH3 is 1. The van der Waals surface area contributed by atoms with Crippen LogP contribution in [0.5, 0.6) is 0 Å². The number of thioether (sulfide) groups is 1. The maximum absolute atomic E-state index is 13.0. The third-order valence-electron chi connectivity index (χ3n) is 4.50. The number of carbonyl (C=O) groups is 2. The number of nitrogens with zero attached hydrogens (tertiary/aromatic N) is 1. The molecule has 31 heavy (non-hydrogen) atoms. The second-order valence-corrected chi connectivity index (χ2v) is 9.25. The van der Waals surface area contributed by atoms with E-state index in [1.54, 1.807) is 30.4 Å². The molecule has 1 heterocycles. The molecule has 1 atom stereocenters. The Morgan fingerprint density at radius 1 is 1.32 bits per heavy atom. The summed E-state index contributed by atoms with van der Waals surface area (Å²) in [7, 11) is 1.33. The van der Waals surface area contributed by atoms with E-state index < -0.39 is 12.0 Å². The minimum absolute atomic E-state index is 0.0417. The zero-order valence-corrected chi connectivity index (χ0v) is 19.6. The van der Waals surface area contributed by atoms with Gasteiger partial charge in [0.25, 0.3) is 5.91 Å². The summed E-state index contributed by atoms with van der Waals surface area (Å²) >= 11 is 1.62. The van der Waals surface area contributed by atoms with Crippen LogP contribution in [-0.2, 0) is 16.1 Å². The van der Waals surface area contributed by atoms with Gasteiger partial charge in [0.15, 0.2) is 0 Å². The number of H-pyrrole nitrogens is 1. The fourth-order valence-electron chi connectivity index (χ4n) is 2.80. The van der Waals surface area contributed by atoms with Crippen LogP contribution < -0.4 is 10.6 Å². The Bertz CT molecular complexity index is 889. The number of ether oxygens (including phenoxy) is 1. The molecule has 0 aliphatic carbocycles. The molecule has 0 aliphatic heterocycles. The molecule has 1 aromatic heterocycles. The number of nitrogens with one attached hydrogen (secondary N) is 3. The second-order valence-electron chi connectivity index (χ2n) is 8.26. The summed E-state index contributed by atoms with van der Waals surface area (Å²) in [6.07, 6.45) is 9.87. The van der Waals surface area contributed by atoms with E-state index in [9.17, 15) is 9.59 Å². The highest BCUT2D eigenvalue weighted by Crippen LogP contribution is 2.22. The van der Waals surface area contributed by atoms with Crippen LogP contribution in [-0.4, -0.2) is 47.0 Å². The molecule has 0 saturated carbocycles. The summed E-state index contributed by atoms with van der Waals surface area (Å²) in [6.45, 7) is 6.88. The summed E-state index contributed by atoms with van der Waals surface area (Å²) in [5.41, 5.74) is 3.08. The van der Waals surface area contributed by atoms with Crippen LogP contribution in [0.1, 0.15) is 48.8 Å². The van der Waals surface area contributed by atoms with Crippen LogP contribution in [0.4, 0.5) is 5.69 Å². The van der Waals surface area contributed by atoms with Crippen LogP contribution in [0.3, 0.4) is 0 Å². The highest BCUT2D eigenvalue weighted by Gasteiger charge is 2.23. The van der Waals surface area contributed by atoms with Crippen LogP contribution in [0.2, 0.25) is 0 Å². The predicted molar refractivity (Wildman–Crippen MR) is 127 cm³/mol. The highest BCUT2D eigenvalue weighted by molar-refractivity contribution is 7.98. The van der Waals surface area contributed by atoms with E-state index in [4.69, 9.17) is 4.74 Å². The maximum atomic E-state index is 13.0. The Morgan fingerprint density at radius 2 is 2.10 bits per heavy atom. The van der Waals surface area contributed by atoms with Crippen molar-refractivity contribution in [2.24, 2.45) is 5.41 Å². The zero-order valence-electron chi connectivity index (χ0n) is 18.8. The van der Waals surface area contributed by atoms with Crippen LogP contribution in [0.25, 0.3) is 6.08 Å². The molecule has 0 unspecified atom stereocenters. The molecule has 0 radical (unpaired) electrons. The molecule has 0 saturated heterocycles. The van der Waals surface area contributed by atoms with Crippen molar-refractivity contribution >= 4 is 35.4 Å². The van der Waals surface area contributed by atoms with E-state index in [-0.39, 0.29) is 11.3 Å². The van der Waals surface area contributed by atoms with E-state index in [1.165, 1.54) is 7.11 Å². The number of rotatable bonds is 10. The quantitative estimate of drug-likeness (QED) is 0.478. The van der Waals surface area contributed by atoms with Gasteiger partial charge in [0.05, 0.1) is 25.7 Å². The van der Waals surface area contributed by atoms with Crippen molar-refractivity contribution in [2.75, 3.05) is 24.4 Å². The summed E-state index contributed by atoms with van der Waals surface area (Å²) in [5.74, 6) is 0.00465. The lowest BCUT2D eigenvalue weighted by Gasteiger charge is -2.18. The maximum Gasteiger partial charge on any atom is 0.328 e. The smallest absolute Gasteiger partial charge is 0.328 e. The minimum Gasteiger partial charge on any atom is -0.467 e. The molecule has 1 aromatic carbocycles. The van der Waals surface area contributed by atoms with Gasteiger partial charge in [0, 0.05) is 17.4 Å². The van der Waals surface area contributed by atoms with E-state index >= 15 is 0 Å². The number of hydrogen-bond donors (Lipinski definition) is 3. The Hall–Kier alpha value is -2.74. The SMILES string of the molecule is COC(=O)[C@H](CCSC)NC(=O)c1ccc(NCc2cnc[nH]2)cc1/C=C\C(C)(C)C. The molecular weight excluding hydrogens is 412 g/mol. The Labute approximate surface area is 188 Å². The Balaban J connectivity index is 2.26. The Kier molecular flexibility index (Phi) is 9.18. The average Bonchev–Trinajstić information content (AvgIpc) is 3.26. The lowest BCUT2D eigenvalue weighted by molar-refractivity contribution is -0.142. The number of allylic oxidation sites excluding steroid dienone is 1. The molecular formula is C23H32N4O3S. The highest BCUT2D eigenvalue weighted by atomic mass is 32.2. The molecule has 1 amide bonds. The molecule has 3 N–H and O–H groups in total. The number of amides is 1. The first-order valence-electron chi connectivity index (χ1n) is 10.2. The summed E-state index contributed by atoms with van der Waals surface area (Å²) in [4.78, 5) is 32.2. The van der Waals surface area contributed by atoms with Gasteiger partial charge in [-0.25, -0.2) is 9.78 Å². The van der Waals surface area contributed by atoms with Gasteiger partial charge in [-0.2, -0.15) is 11.8 Å². The standard InChI is InChI=1S/C23H32N4O3S/c1-23(2,3)10-8-16-12-17(25-14-18-13-24-15-26-18)6-7-19(16)21(28)27-20(9-11-31-5)22(29)30-4/h6-8,10,12-13,15,20,25H,9,11,14H2,1-5H3,(H,24,26)(H,27,28)/b10-8-/t20-/m0/s1. The van der Waals surface area contributed by atoms with Gasteiger partial charge in [-0.3, -0.25) is 4.79 Å². The van der Waals surface area contributed by atoms with E-state index in [0.29, 0.717) is 18.5 Å². The number of benzene rings is 1. The number of hydrogen-bond acceptors (Lipinski definition) is 6. The molecule has 2 aromatic rings. The number of anilines is 1. The van der Waals surface area contributed by atoms with Gasteiger partial charge in [-0.05, 0) is 47.6 Å². The third kappa shape index (κ3) is 8.13. The predicted octanol–water partition coefficient (Wildman–Crippen LogP) is 4.11. The lowest BCUT2D eigenvalue weighted by atomic mass is 9.94. The number of aromatic nitrogens is 2. The van der Waals surface area contributed by atoms with Crippen molar-refractivity contribution in [1.29, 1.82) is 0 Å². The van der Waals surface area contributed by atoms with E-state index in [2.05, 4.69) is 47.4 Å². The number of imidazole rings is 1. The summed E-state index contributed by atoms with van der Waals surface area (Å²) in [6, 6.07) is 4.88. The van der Waals surface area contributed by atoms with E-state index in [0.717, 1.165) is 22.7 Å². The van der Waals surface area contributed by atoms with Crippen LogP contribution in [0.15, 0.2) is 36.8 Å². The average molecular weight is 445 g/mol. The van der Waals surface area contributed by atoms with Crippen LogP contribution >= 0.6 is 11.8 Å². The molecule has 0 bridgehead atoms. The Morgan fingerprint density at radius 3 is 2.71 bits per heavy atom. The van der Waals surface area contributed by atoms with Crippen molar-refractivity contribution in [3.8, 4) is 0 Å². The number of esters is 1. The normalized spacial score (nSPS) is 12.5. The first-order valence-corrected chi connectivity index (χ1v) is 11.5. The van der Waals surface area contributed by atoms with Gasteiger partial charge in [-0.1, -0.05) is 32.9 Å².